The van der Waals surface area contributed by atoms with Crippen molar-refractivity contribution in [3.8, 4) is 0 Å². The standard InChI is InChI=1S/C30H39IN4O3/c1-29(2,3)38-28(37)33-26(30(31)15-7-4-8-16-30)27(36)35-18-9-12-24(35)22-13-17-32-25(20-22)34-19-14-21-10-5-6-11-23(21)34/h5-6,10-11,13,17,20,24,26H,4,7-9,12,14-16,18-19H2,1-3H3,(H,33,37)/t24?,26-/m0/s1. The third kappa shape index (κ3) is 5.80. The number of amides is 2. The third-order valence-corrected chi connectivity index (χ3v) is 9.67. The number of rotatable bonds is 5. The fourth-order valence-electron chi connectivity index (χ4n) is 6.17. The zero-order chi connectivity index (χ0) is 26.9. The van der Waals surface area contributed by atoms with Gasteiger partial charge >= 0.3 is 6.09 Å². The van der Waals surface area contributed by atoms with E-state index < -0.39 is 17.7 Å². The van der Waals surface area contributed by atoms with Gasteiger partial charge in [0.2, 0.25) is 5.91 Å². The van der Waals surface area contributed by atoms with E-state index in [0.29, 0.717) is 6.54 Å². The minimum absolute atomic E-state index is 0.000426. The summed E-state index contributed by atoms with van der Waals surface area (Å²) in [6.45, 7) is 7.13. The molecule has 3 aliphatic rings. The van der Waals surface area contributed by atoms with Gasteiger partial charge < -0.3 is 19.9 Å². The lowest BCUT2D eigenvalue weighted by atomic mass is 9.83. The highest BCUT2D eigenvalue weighted by Crippen LogP contribution is 2.42. The topological polar surface area (TPSA) is 74.8 Å². The van der Waals surface area contributed by atoms with Gasteiger partial charge in [-0.15, -0.1) is 0 Å². The van der Waals surface area contributed by atoms with Crippen LogP contribution >= 0.6 is 22.6 Å². The second-order valence-corrected chi connectivity index (χ2v) is 14.0. The van der Waals surface area contributed by atoms with Crippen molar-refractivity contribution < 1.29 is 14.3 Å². The summed E-state index contributed by atoms with van der Waals surface area (Å²) >= 11 is 2.44. The molecule has 2 amide bonds. The second-order valence-electron chi connectivity index (χ2n) is 11.8. The van der Waals surface area contributed by atoms with E-state index in [1.807, 2.05) is 37.9 Å². The van der Waals surface area contributed by atoms with Crippen LogP contribution < -0.4 is 10.2 Å². The van der Waals surface area contributed by atoms with Crippen molar-refractivity contribution in [3.63, 3.8) is 0 Å². The molecule has 5 rings (SSSR count). The Morgan fingerprint density at radius 2 is 1.87 bits per heavy atom. The molecule has 204 valence electrons. The fourth-order valence-corrected chi connectivity index (χ4v) is 7.36. The normalized spacial score (nSPS) is 21.6. The Morgan fingerprint density at radius 3 is 2.63 bits per heavy atom. The minimum atomic E-state index is -0.625. The number of nitrogens with one attached hydrogen (secondary N) is 1. The number of hydrogen-bond donors (Lipinski definition) is 1. The maximum atomic E-state index is 14.3. The summed E-state index contributed by atoms with van der Waals surface area (Å²) < 4.78 is 5.27. The first-order chi connectivity index (χ1) is 18.1. The molecule has 1 saturated carbocycles. The Labute approximate surface area is 239 Å². The highest BCUT2D eigenvalue weighted by atomic mass is 127. The summed E-state index contributed by atoms with van der Waals surface area (Å²) in [5, 5.41) is 3.02. The number of likely N-dealkylation sites (tertiary alicyclic amines) is 1. The maximum absolute atomic E-state index is 14.3. The van der Waals surface area contributed by atoms with Crippen LogP contribution in [0.4, 0.5) is 16.3 Å². The first-order valence-electron chi connectivity index (χ1n) is 13.9. The van der Waals surface area contributed by atoms with Crippen molar-refractivity contribution in [3.05, 3.63) is 53.7 Å². The first-order valence-corrected chi connectivity index (χ1v) is 15.0. The molecule has 1 saturated heterocycles. The van der Waals surface area contributed by atoms with Gasteiger partial charge in [0, 0.05) is 25.0 Å². The van der Waals surface area contributed by atoms with Crippen molar-refractivity contribution >= 4 is 46.1 Å². The highest BCUT2D eigenvalue weighted by Gasteiger charge is 2.47. The van der Waals surface area contributed by atoms with Gasteiger partial charge in [-0.2, -0.15) is 0 Å². The molecule has 1 unspecified atom stereocenters. The zero-order valence-electron chi connectivity index (χ0n) is 22.7. The van der Waals surface area contributed by atoms with Crippen molar-refractivity contribution in [1.29, 1.82) is 0 Å². The number of pyridine rings is 1. The number of alkyl carbamates (subject to hydrolysis) is 1. The van der Waals surface area contributed by atoms with E-state index in [1.165, 1.54) is 17.7 Å². The maximum Gasteiger partial charge on any atom is 0.408 e. The zero-order valence-corrected chi connectivity index (χ0v) is 24.9. The van der Waals surface area contributed by atoms with Crippen LogP contribution in [0.1, 0.15) is 82.9 Å². The number of halogens is 1. The quantitative estimate of drug-likeness (QED) is 0.303. The van der Waals surface area contributed by atoms with Crippen LogP contribution in [-0.2, 0) is 16.0 Å². The van der Waals surface area contributed by atoms with Crippen molar-refractivity contribution in [2.24, 2.45) is 0 Å². The number of nitrogens with zero attached hydrogens (tertiary/aromatic N) is 3. The first kappa shape index (κ1) is 27.2. The predicted octanol–water partition coefficient (Wildman–Crippen LogP) is 6.47. The minimum Gasteiger partial charge on any atom is -0.444 e. The molecular formula is C30H39IN4O3. The molecular weight excluding hydrogens is 591 g/mol. The number of anilines is 2. The Bertz CT molecular complexity index is 1170. The van der Waals surface area contributed by atoms with Gasteiger partial charge in [0.1, 0.15) is 17.5 Å². The smallest absolute Gasteiger partial charge is 0.408 e. The largest absolute Gasteiger partial charge is 0.444 e. The number of aromatic nitrogens is 1. The summed E-state index contributed by atoms with van der Waals surface area (Å²) in [5.74, 6) is 0.923. The van der Waals surface area contributed by atoms with Gasteiger partial charge in [0.05, 0.1) is 9.46 Å². The highest BCUT2D eigenvalue weighted by molar-refractivity contribution is 14.1. The Morgan fingerprint density at radius 1 is 1.11 bits per heavy atom. The van der Waals surface area contributed by atoms with Crippen LogP contribution in [0.15, 0.2) is 42.6 Å². The average Bonchev–Trinajstić information content (AvgIpc) is 3.54. The van der Waals surface area contributed by atoms with E-state index in [0.717, 1.165) is 62.9 Å². The average molecular weight is 631 g/mol. The fraction of sp³-hybridized carbons (Fsp3) is 0.567. The summed E-state index contributed by atoms with van der Waals surface area (Å²) in [4.78, 5) is 36.1. The van der Waals surface area contributed by atoms with Crippen molar-refractivity contribution in [1.82, 2.24) is 15.2 Å². The van der Waals surface area contributed by atoms with E-state index in [-0.39, 0.29) is 15.4 Å². The second kappa shape index (κ2) is 11.0. The van der Waals surface area contributed by atoms with E-state index in [2.05, 4.69) is 63.1 Å². The molecule has 1 aromatic carbocycles. The van der Waals surface area contributed by atoms with Gasteiger partial charge in [0.25, 0.3) is 0 Å². The number of carbonyl (C=O) groups is 2. The molecule has 2 fully saturated rings. The van der Waals surface area contributed by atoms with Gasteiger partial charge in [0.15, 0.2) is 0 Å². The molecule has 0 spiro atoms. The third-order valence-electron chi connectivity index (χ3n) is 7.96. The molecule has 1 aromatic heterocycles. The molecule has 1 N–H and O–H groups in total. The van der Waals surface area contributed by atoms with Gasteiger partial charge in [-0.3, -0.25) is 4.79 Å². The van der Waals surface area contributed by atoms with Crippen molar-refractivity contribution in [2.45, 2.75) is 93.2 Å². The predicted molar refractivity (Wildman–Crippen MR) is 158 cm³/mol. The number of fused-ring (bicyclic) bond motifs is 1. The summed E-state index contributed by atoms with van der Waals surface area (Å²) in [6.07, 6.45) is 9.31. The van der Waals surface area contributed by atoms with E-state index >= 15 is 0 Å². The van der Waals surface area contributed by atoms with Gasteiger partial charge in [-0.05, 0) is 82.2 Å². The summed E-state index contributed by atoms with van der Waals surface area (Å²) in [7, 11) is 0. The Kier molecular flexibility index (Phi) is 7.89. The molecule has 8 heteroatoms. The summed E-state index contributed by atoms with van der Waals surface area (Å²) in [6, 6.07) is 12.0. The lowest BCUT2D eigenvalue weighted by Crippen LogP contribution is -2.59. The van der Waals surface area contributed by atoms with E-state index in [4.69, 9.17) is 9.72 Å². The van der Waals surface area contributed by atoms with Crippen LogP contribution in [0.2, 0.25) is 0 Å². The molecule has 1 aliphatic carbocycles. The van der Waals surface area contributed by atoms with Crippen LogP contribution in [0, 0.1) is 0 Å². The molecule has 38 heavy (non-hydrogen) atoms. The number of para-hydroxylation sites is 1. The number of ether oxygens (including phenoxy) is 1. The molecule has 7 nitrogen and oxygen atoms in total. The summed E-state index contributed by atoms with van der Waals surface area (Å²) in [5.41, 5.74) is 3.03. The number of benzene rings is 1. The van der Waals surface area contributed by atoms with Crippen LogP contribution in [0.3, 0.4) is 0 Å². The monoisotopic (exact) mass is 630 g/mol. The van der Waals surface area contributed by atoms with Crippen LogP contribution in [-0.4, -0.2) is 50.0 Å². The van der Waals surface area contributed by atoms with Gasteiger partial charge in [-0.25, -0.2) is 9.78 Å². The lowest BCUT2D eigenvalue weighted by molar-refractivity contribution is -0.135. The molecule has 2 atom stereocenters. The Hall–Kier alpha value is -2.36. The van der Waals surface area contributed by atoms with Crippen LogP contribution in [0.25, 0.3) is 0 Å². The number of carbonyl (C=O) groups excluding carboxylic acids is 2. The SMILES string of the molecule is CC(C)(C)OC(=O)N[C@@H](C(=O)N1CCCC1c1ccnc(N2CCc3ccccc32)c1)C1(I)CCCCC1. The van der Waals surface area contributed by atoms with Crippen LogP contribution in [0.5, 0.6) is 0 Å². The van der Waals surface area contributed by atoms with E-state index in [9.17, 15) is 9.59 Å². The molecule has 2 aliphatic heterocycles. The molecule has 3 heterocycles. The number of alkyl halides is 1. The van der Waals surface area contributed by atoms with Gasteiger partial charge in [-0.1, -0.05) is 60.1 Å². The Balaban J connectivity index is 1.40. The molecule has 0 radical (unpaired) electrons. The van der Waals surface area contributed by atoms with E-state index in [1.54, 1.807) is 0 Å². The lowest BCUT2D eigenvalue weighted by Gasteiger charge is -2.41. The molecule has 0 bridgehead atoms. The number of hydrogen-bond acceptors (Lipinski definition) is 5. The molecule has 2 aromatic rings. The van der Waals surface area contributed by atoms with Crippen molar-refractivity contribution in [2.75, 3.05) is 18.0 Å².